The number of anilines is 1. The van der Waals surface area contributed by atoms with Crippen LogP contribution in [-0.4, -0.2) is 15.7 Å². The molecule has 2 N–H and O–H groups in total. The van der Waals surface area contributed by atoms with Crippen LogP contribution in [0, 0.1) is 6.92 Å². The second-order valence-corrected chi connectivity index (χ2v) is 4.99. The second kappa shape index (κ2) is 6.07. The van der Waals surface area contributed by atoms with Crippen LogP contribution in [-0.2, 0) is 0 Å². The Morgan fingerprint density at radius 1 is 1.30 bits per heavy atom. The number of H-pyrrole nitrogens is 1. The molecule has 0 aliphatic rings. The summed E-state index contributed by atoms with van der Waals surface area (Å²) in [5.41, 5.74) is 4.59. The second-order valence-electron chi connectivity index (χ2n) is 4.17. The summed E-state index contributed by atoms with van der Waals surface area (Å²) in [6, 6.07) is 6.63. The average molecular weight is 311 g/mol. The van der Waals surface area contributed by atoms with Crippen LogP contribution in [0.25, 0.3) is 0 Å². The van der Waals surface area contributed by atoms with Crippen LogP contribution in [0.5, 0.6) is 0 Å². The van der Waals surface area contributed by atoms with E-state index in [-0.39, 0.29) is 11.5 Å². The summed E-state index contributed by atoms with van der Waals surface area (Å²) in [4.78, 5) is 17.9. The highest BCUT2D eigenvalue weighted by atomic mass is 35.5. The summed E-state index contributed by atoms with van der Waals surface area (Å²) in [6.45, 7) is 3.54. The number of halogens is 2. The summed E-state index contributed by atoms with van der Waals surface area (Å²) in [7, 11) is 0. The molecular formula is C13H12Cl2N4O. The SMILES string of the molecule is C/C(=N/Nc1nc(C)cc(=O)[nH]1)c1ccc(Cl)c(Cl)c1. The maximum atomic E-state index is 11.3. The van der Waals surface area contributed by atoms with Crippen molar-refractivity contribution in [2.24, 2.45) is 5.10 Å². The zero-order valence-corrected chi connectivity index (χ0v) is 12.4. The van der Waals surface area contributed by atoms with E-state index in [1.165, 1.54) is 6.07 Å². The van der Waals surface area contributed by atoms with Crippen LogP contribution in [0.4, 0.5) is 5.95 Å². The Hall–Kier alpha value is -1.85. The first-order chi connectivity index (χ1) is 9.45. The Labute approximate surface area is 125 Å². The van der Waals surface area contributed by atoms with Gasteiger partial charge in [0.1, 0.15) is 0 Å². The molecule has 0 aliphatic heterocycles. The van der Waals surface area contributed by atoms with E-state index < -0.39 is 0 Å². The minimum absolute atomic E-state index is 0.234. The van der Waals surface area contributed by atoms with Gasteiger partial charge in [-0.05, 0) is 31.5 Å². The molecule has 0 fully saturated rings. The Morgan fingerprint density at radius 2 is 2.05 bits per heavy atom. The molecule has 0 aliphatic carbocycles. The zero-order valence-electron chi connectivity index (χ0n) is 10.9. The standard InChI is InChI=1S/C13H12Cl2N4O/c1-7-5-12(20)17-13(16-7)19-18-8(2)9-3-4-10(14)11(15)6-9/h3-6H,1-2H3,(H2,16,17,19,20)/b18-8-. The van der Waals surface area contributed by atoms with Crippen LogP contribution in [0.3, 0.4) is 0 Å². The lowest BCUT2D eigenvalue weighted by Gasteiger charge is -2.04. The predicted octanol–water partition coefficient (Wildman–Crippen LogP) is 3.22. The fourth-order valence-electron chi connectivity index (χ4n) is 1.55. The van der Waals surface area contributed by atoms with Gasteiger partial charge in [-0.1, -0.05) is 29.3 Å². The van der Waals surface area contributed by atoms with Crippen LogP contribution in [0.15, 0.2) is 34.2 Å². The summed E-state index contributed by atoms with van der Waals surface area (Å²) >= 11 is 11.8. The molecular weight excluding hydrogens is 299 g/mol. The molecule has 5 nitrogen and oxygen atoms in total. The molecule has 2 aromatic rings. The van der Waals surface area contributed by atoms with Crippen molar-refractivity contribution in [1.82, 2.24) is 9.97 Å². The van der Waals surface area contributed by atoms with E-state index in [0.717, 1.165) is 5.56 Å². The van der Waals surface area contributed by atoms with Crippen LogP contribution in [0.2, 0.25) is 10.0 Å². The van der Waals surface area contributed by atoms with Crippen molar-refractivity contribution < 1.29 is 0 Å². The molecule has 1 heterocycles. The Kier molecular flexibility index (Phi) is 4.42. The first kappa shape index (κ1) is 14.6. The van der Waals surface area contributed by atoms with Gasteiger partial charge < -0.3 is 0 Å². The third-order valence-electron chi connectivity index (χ3n) is 2.54. The monoisotopic (exact) mass is 310 g/mol. The molecule has 0 atom stereocenters. The molecule has 1 aromatic carbocycles. The molecule has 20 heavy (non-hydrogen) atoms. The Morgan fingerprint density at radius 3 is 2.70 bits per heavy atom. The van der Waals surface area contributed by atoms with E-state index >= 15 is 0 Å². The van der Waals surface area contributed by atoms with Gasteiger partial charge in [0.05, 0.1) is 15.8 Å². The average Bonchev–Trinajstić information content (AvgIpc) is 2.38. The fourth-order valence-corrected chi connectivity index (χ4v) is 1.85. The molecule has 2 rings (SSSR count). The van der Waals surface area contributed by atoms with E-state index in [1.807, 2.05) is 0 Å². The van der Waals surface area contributed by atoms with Gasteiger partial charge in [-0.3, -0.25) is 9.78 Å². The van der Waals surface area contributed by atoms with Crippen molar-refractivity contribution >= 4 is 34.9 Å². The third-order valence-corrected chi connectivity index (χ3v) is 3.28. The number of nitrogens with zero attached hydrogens (tertiary/aromatic N) is 2. The molecule has 1 aromatic heterocycles. The van der Waals surface area contributed by atoms with E-state index in [1.54, 1.807) is 32.0 Å². The van der Waals surface area contributed by atoms with Crippen molar-refractivity contribution in [3.05, 3.63) is 55.9 Å². The number of aromatic nitrogens is 2. The van der Waals surface area contributed by atoms with Gasteiger partial charge in [0.15, 0.2) is 0 Å². The number of rotatable bonds is 3. The normalized spacial score (nSPS) is 11.5. The van der Waals surface area contributed by atoms with Crippen molar-refractivity contribution in [3.8, 4) is 0 Å². The van der Waals surface area contributed by atoms with E-state index in [0.29, 0.717) is 21.5 Å². The first-order valence-electron chi connectivity index (χ1n) is 5.79. The van der Waals surface area contributed by atoms with Crippen LogP contribution in [0.1, 0.15) is 18.2 Å². The largest absolute Gasteiger partial charge is 0.291 e. The highest BCUT2D eigenvalue weighted by Gasteiger charge is 2.03. The molecule has 0 radical (unpaired) electrons. The number of hydrogen-bond acceptors (Lipinski definition) is 4. The molecule has 0 saturated carbocycles. The number of benzene rings is 1. The lowest BCUT2D eigenvalue weighted by Crippen LogP contribution is -2.11. The predicted molar refractivity (Wildman–Crippen MR) is 81.9 cm³/mol. The smallest absolute Gasteiger partial charge is 0.252 e. The number of hydrazone groups is 1. The summed E-state index contributed by atoms with van der Waals surface area (Å²) in [5, 5.41) is 5.10. The molecule has 0 saturated heterocycles. The highest BCUT2D eigenvalue weighted by molar-refractivity contribution is 6.42. The number of nitrogens with one attached hydrogen (secondary N) is 2. The molecule has 0 unspecified atom stereocenters. The van der Waals surface area contributed by atoms with Crippen molar-refractivity contribution in [2.75, 3.05) is 5.43 Å². The molecule has 0 amide bonds. The minimum atomic E-state index is -0.234. The number of aryl methyl sites for hydroxylation is 1. The van der Waals surface area contributed by atoms with Gasteiger partial charge in [0.2, 0.25) is 5.95 Å². The maximum Gasteiger partial charge on any atom is 0.252 e. The van der Waals surface area contributed by atoms with Gasteiger partial charge in [0, 0.05) is 11.8 Å². The lowest BCUT2D eigenvalue weighted by molar-refractivity contribution is 1.04. The fraction of sp³-hybridized carbons (Fsp3) is 0.154. The van der Waals surface area contributed by atoms with Gasteiger partial charge in [-0.2, -0.15) is 5.10 Å². The first-order valence-corrected chi connectivity index (χ1v) is 6.55. The van der Waals surface area contributed by atoms with E-state index in [9.17, 15) is 4.79 Å². The van der Waals surface area contributed by atoms with Crippen LogP contribution < -0.4 is 11.0 Å². The van der Waals surface area contributed by atoms with Crippen molar-refractivity contribution in [1.29, 1.82) is 0 Å². The van der Waals surface area contributed by atoms with E-state index in [2.05, 4.69) is 20.5 Å². The number of aromatic amines is 1. The number of hydrogen-bond donors (Lipinski definition) is 2. The topological polar surface area (TPSA) is 70.1 Å². The highest BCUT2D eigenvalue weighted by Crippen LogP contribution is 2.22. The molecule has 7 heteroatoms. The Balaban J connectivity index is 2.22. The Bertz CT molecular complexity index is 725. The van der Waals surface area contributed by atoms with Gasteiger partial charge in [-0.25, -0.2) is 10.4 Å². The summed E-state index contributed by atoms with van der Waals surface area (Å²) in [6.07, 6.45) is 0. The molecule has 0 bridgehead atoms. The quantitative estimate of drug-likeness (QED) is 0.675. The van der Waals surface area contributed by atoms with Gasteiger partial charge in [-0.15, -0.1) is 0 Å². The minimum Gasteiger partial charge on any atom is -0.291 e. The summed E-state index contributed by atoms with van der Waals surface area (Å²) < 4.78 is 0. The van der Waals surface area contributed by atoms with Crippen LogP contribution >= 0.6 is 23.2 Å². The maximum absolute atomic E-state index is 11.3. The lowest BCUT2D eigenvalue weighted by atomic mass is 10.1. The van der Waals surface area contributed by atoms with Crippen molar-refractivity contribution in [2.45, 2.75) is 13.8 Å². The third kappa shape index (κ3) is 3.59. The van der Waals surface area contributed by atoms with Gasteiger partial charge in [0.25, 0.3) is 5.56 Å². The summed E-state index contributed by atoms with van der Waals surface area (Å²) in [5.74, 6) is 0.286. The molecule has 104 valence electrons. The molecule has 0 spiro atoms. The van der Waals surface area contributed by atoms with Crippen molar-refractivity contribution in [3.63, 3.8) is 0 Å². The zero-order chi connectivity index (χ0) is 14.7. The van der Waals surface area contributed by atoms with Gasteiger partial charge >= 0.3 is 0 Å². The van der Waals surface area contributed by atoms with E-state index in [4.69, 9.17) is 23.2 Å².